The predicted molar refractivity (Wildman–Crippen MR) is 122 cm³/mol. The largest absolute Gasteiger partial charge is 0.482 e. The summed E-state index contributed by atoms with van der Waals surface area (Å²) >= 11 is 0. The third kappa shape index (κ3) is 5.61. The first-order valence-electron chi connectivity index (χ1n) is 10.0. The van der Waals surface area contributed by atoms with E-state index in [1.54, 1.807) is 18.2 Å². The molecule has 0 aromatic heterocycles. The number of hydrogen-bond acceptors (Lipinski definition) is 6. The van der Waals surface area contributed by atoms with Gasteiger partial charge in [-0.25, -0.2) is 8.42 Å². The summed E-state index contributed by atoms with van der Waals surface area (Å²) in [5, 5.41) is 2.53. The third-order valence-electron chi connectivity index (χ3n) is 4.88. The number of rotatable bonds is 9. The fourth-order valence-electron chi connectivity index (χ4n) is 3.26. The second-order valence-electron chi connectivity index (χ2n) is 7.32. The standard InChI is InChI=1S/C23H24N2O6S/c1-3-11-25-19-12-17(7-10-21(19)31-13-23(25)28)20(26)14-32(29,30)15-22(27)24-18-8-5-16(4-2)6-9-18/h3,5-10,12H,1,4,11,13-15H2,2H3,(H,24,27). The van der Waals surface area contributed by atoms with Gasteiger partial charge >= 0.3 is 0 Å². The van der Waals surface area contributed by atoms with Crippen molar-refractivity contribution in [1.82, 2.24) is 0 Å². The van der Waals surface area contributed by atoms with E-state index >= 15 is 0 Å². The van der Waals surface area contributed by atoms with Gasteiger partial charge in [-0.3, -0.25) is 14.4 Å². The fraction of sp³-hybridized carbons (Fsp3) is 0.261. The molecule has 1 aliphatic rings. The molecule has 2 aromatic rings. The molecule has 0 aliphatic carbocycles. The van der Waals surface area contributed by atoms with Gasteiger partial charge in [-0.2, -0.15) is 0 Å². The number of amides is 2. The van der Waals surface area contributed by atoms with Crippen molar-refractivity contribution in [2.24, 2.45) is 0 Å². The number of nitrogens with zero attached hydrogens (tertiary/aromatic N) is 1. The van der Waals surface area contributed by atoms with E-state index in [2.05, 4.69) is 11.9 Å². The minimum Gasteiger partial charge on any atom is -0.482 e. The highest BCUT2D eigenvalue weighted by molar-refractivity contribution is 7.92. The van der Waals surface area contributed by atoms with E-state index in [1.807, 2.05) is 19.1 Å². The van der Waals surface area contributed by atoms with E-state index in [1.165, 1.54) is 23.1 Å². The van der Waals surface area contributed by atoms with Crippen molar-refractivity contribution in [2.75, 3.05) is 34.9 Å². The molecule has 0 fully saturated rings. The van der Waals surface area contributed by atoms with Crippen molar-refractivity contribution in [3.8, 4) is 5.75 Å². The first-order valence-corrected chi connectivity index (χ1v) is 11.8. The van der Waals surface area contributed by atoms with Gasteiger partial charge < -0.3 is 15.0 Å². The summed E-state index contributed by atoms with van der Waals surface area (Å²) < 4.78 is 30.2. The number of aryl methyl sites for hydroxylation is 1. The van der Waals surface area contributed by atoms with E-state index in [4.69, 9.17) is 4.74 Å². The van der Waals surface area contributed by atoms with Gasteiger partial charge in [-0.1, -0.05) is 25.1 Å². The minimum atomic E-state index is -4.01. The Bertz CT molecular complexity index is 1160. The zero-order valence-electron chi connectivity index (χ0n) is 17.7. The fourth-order valence-corrected chi connectivity index (χ4v) is 4.40. The lowest BCUT2D eigenvalue weighted by molar-refractivity contribution is -0.121. The van der Waals surface area contributed by atoms with Gasteiger partial charge in [0.25, 0.3) is 5.91 Å². The molecule has 0 atom stereocenters. The summed E-state index contributed by atoms with van der Waals surface area (Å²) in [7, 11) is -4.01. The van der Waals surface area contributed by atoms with Crippen LogP contribution >= 0.6 is 0 Å². The number of Topliss-reactive ketones (excluding diaryl/α,β-unsaturated/α-hetero) is 1. The Balaban J connectivity index is 1.68. The monoisotopic (exact) mass is 456 g/mol. The number of nitrogens with one attached hydrogen (secondary N) is 1. The maximum absolute atomic E-state index is 12.6. The van der Waals surface area contributed by atoms with Gasteiger partial charge in [0.1, 0.15) is 17.3 Å². The van der Waals surface area contributed by atoms with Gasteiger partial charge in [0, 0.05) is 17.8 Å². The van der Waals surface area contributed by atoms with Crippen LogP contribution in [0.3, 0.4) is 0 Å². The summed E-state index contributed by atoms with van der Waals surface area (Å²) in [6, 6.07) is 11.4. The SMILES string of the molecule is C=CCN1C(=O)COc2ccc(C(=O)CS(=O)(=O)CC(=O)Nc3ccc(CC)cc3)cc21. The number of fused-ring (bicyclic) bond motifs is 1. The maximum atomic E-state index is 12.6. The van der Waals surface area contributed by atoms with E-state index < -0.39 is 33.0 Å². The van der Waals surface area contributed by atoms with Gasteiger partial charge in [-0.15, -0.1) is 6.58 Å². The minimum absolute atomic E-state index is 0.107. The Hall–Kier alpha value is -3.46. The number of anilines is 2. The lowest BCUT2D eigenvalue weighted by Gasteiger charge is -2.28. The van der Waals surface area contributed by atoms with Crippen LogP contribution in [0.15, 0.2) is 55.1 Å². The van der Waals surface area contributed by atoms with Crippen molar-refractivity contribution in [3.63, 3.8) is 0 Å². The van der Waals surface area contributed by atoms with Crippen molar-refractivity contribution in [3.05, 3.63) is 66.2 Å². The molecule has 9 heteroatoms. The van der Waals surface area contributed by atoms with Crippen LogP contribution in [0.25, 0.3) is 0 Å². The van der Waals surface area contributed by atoms with Crippen molar-refractivity contribution >= 4 is 38.8 Å². The molecule has 2 aromatic carbocycles. The van der Waals surface area contributed by atoms with Gasteiger partial charge in [-0.05, 0) is 42.3 Å². The molecule has 8 nitrogen and oxygen atoms in total. The molecule has 0 saturated heterocycles. The molecule has 2 amide bonds. The maximum Gasteiger partial charge on any atom is 0.265 e. The number of benzene rings is 2. The molecule has 1 N–H and O–H groups in total. The summed E-state index contributed by atoms with van der Waals surface area (Å²) in [4.78, 5) is 38.3. The number of sulfone groups is 1. The van der Waals surface area contributed by atoms with Gasteiger partial charge in [0.15, 0.2) is 22.2 Å². The number of ketones is 1. The zero-order chi connectivity index (χ0) is 23.3. The number of carbonyl (C=O) groups is 3. The first-order chi connectivity index (χ1) is 15.2. The highest BCUT2D eigenvalue weighted by atomic mass is 32.2. The highest BCUT2D eigenvalue weighted by Crippen LogP contribution is 2.33. The molecule has 0 spiro atoms. The Kier molecular flexibility index (Phi) is 7.09. The van der Waals surface area contributed by atoms with Crippen LogP contribution in [-0.4, -0.2) is 50.7 Å². The van der Waals surface area contributed by atoms with Gasteiger partial charge in [0.05, 0.1) is 5.69 Å². The zero-order valence-corrected chi connectivity index (χ0v) is 18.5. The molecule has 0 unspecified atom stereocenters. The van der Waals surface area contributed by atoms with E-state index in [0.717, 1.165) is 12.0 Å². The molecule has 0 radical (unpaired) electrons. The second kappa shape index (κ2) is 9.78. The topological polar surface area (TPSA) is 110 Å². The Morgan fingerprint density at radius 3 is 2.53 bits per heavy atom. The molecule has 1 heterocycles. The molecule has 3 rings (SSSR count). The first kappa shape index (κ1) is 23.2. The van der Waals surface area contributed by atoms with E-state index in [-0.39, 0.29) is 24.6 Å². The predicted octanol–water partition coefficient (Wildman–Crippen LogP) is 2.40. The Labute approximate surface area is 186 Å². The quantitative estimate of drug-likeness (QED) is 0.458. The molecule has 32 heavy (non-hydrogen) atoms. The van der Waals surface area contributed by atoms with E-state index in [0.29, 0.717) is 17.1 Å². The second-order valence-corrected chi connectivity index (χ2v) is 9.38. The molecule has 168 valence electrons. The third-order valence-corrected chi connectivity index (χ3v) is 6.29. The lowest BCUT2D eigenvalue weighted by atomic mass is 10.1. The highest BCUT2D eigenvalue weighted by Gasteiger charge is 2.27. The Morgan fingerprint density at radius 2 is 1.88 bits per heavy atom. The van der Waals surface area contributed by atoms with E-state index in [9.17, 15) is 22.8 Å². The van der Waals surface area contributed by atoms with Crippen LogP contribution in [-0.2, 0) is 25.8 Å². The molecule has 1 aliphatic heterocycles. The summed E-state index contributed by atoms with van der Waals surface area (Å²) in [5.74, 6) is -2.92. The molecular formula is C23H24N2O6S. The number of hydrogen-bond donors (Lipinski definition) is 1. The Morgan fingerprint density at radius 1 is 1.16 bits per heavy atom. The normalized spacial score (nSPS) is 13.2. The number of ether oxygens (including phenoxy) is 1. The van der Waals surface area contributed by atoms with Crippen LogP contribution in [0.2, 0.25) is 0 Å². The average molecular weight is 457 g/mol. The van der Waals surface area contributed by atoms with Gasteiger partial charge in [0.2, 0.25) is 5.91 Å². The molecule has 0 bridgehead atoms. The van der Waals surface area contributed by atoms with Crippen molar-refractivity contribution < 1.29 is 27.5 Å². The van der Waals surface area contributed by atoms with Crippen molar-refractivity contribution in [1.29, 1.82) is 0 Å². The lowest BCUT2D eigenvalue weighted by Crippen LogP contribution is -2.39. The number of carbonyl (C=O) groups excluding carboxylic acids is 3. The van der Waals surface area contributed by atoms with Crippen LogP contribution in [0.5, 0.6) is 5.75 Å². The van der Waals surface area contributed by atoms with Crippen LogP contribution in [0.1, 0.15) is 22.8 Å². The molecular weight excluding hydrogens is 432 g/mol. The summed E-state index contributed by atoms with van der Waals surface area (Å²) in [5.41, 5.74) is 2.05. The van der Waals surface area contributed by atoms with Crippen LogP contribution < -0.4 is 15.0 Å². The molecule has 0 saturated carbocycles. The van der Waals surface area contributed by atoms with Crippen LogP contribution in [0.4, 0.5) is 11.4 Å². The summed E-state index contributed by atoms with van der Waals surface area (Å²) in [6.07, 6.45) is 2.39. The van der Waals surface area contributed by atoms with Crippen LogP contribution in [0, 0.1) is 0 Å². The van der Waals surface area contributed by atoms with Crippen molar-refractivity contribution in [2.45, 2.75) is 13.3 Å². The summed E-state index contributed by atoms with van der Waals surface area (Å²) in [6.45, 7) is 5.72. The smallest absolute Gasteiger partial charge is 0.265 e. The average Bonchev–Trinajstić information content (AvgIpc) is 2.75.